The van der Waals surface area contributed by atoms with Gasteiger partial charge in [-0.25, -0.2) is 4.98 Å². The number of nitrogens with one attached hydrogen (secondary N) is 1. The van der Waals surface area contributed by atoms with E-state index in [1.807, 2.05) is 0 Å². The van der Waals surface area contributed by atoms with Crippen molar-refractivity contribution in [3.8, 4) is 0 Å². The van der Waals surface area contributed by atoms with Gasteiger partial charge >= 0.3 is 5.51 Å². The fourth-order valence-corrected chi connectivity index (χ4v) is 2.35. The van der Waals surface area contributed by atoms with Gasteiger partial charge in [-0.2, -0.15) is 13.2 Å². The first kappa shape index (κ1) is 15.8. The van der Waals surface area contributed by atoms with Gasteiger partial charge in [0.25, 0.3) is 5.91 Å². The molecule has 0 unspecified atom stereocenters. The zero-order valence-electron chi connectivity index (χ0n) is 10.3. The number of aromatic nitrogens is 1. The zero-order valence-corrected chi connectivity index (χ0v) is 12.7. The van der Waals surface area contributed by atoms with Crippen LogP contribution in [-0.2, 0) is 0 Å². The van der Waals surface area contributed by atoms with Crippen molar-refractivity contribution in [2.24, 2.45) is 0 Å². The van der Waals surface area contributed by atoms with E-state index < -0.39 is 11.4 Å². The predicted octanol–water partition coefficient (Wildman–Crippen LogP) is 4.71. The third kappa shape index (κ3) is 5.05. The van der Waals surface area contributed by atoms with Crippen LogP contribution in [0.25, 0.3) is 0 Å². The fraction of sp³-hybridized carbons (Fsp3) is 0.0769. The van der Waals surface area contributed by atoms with E-state index >= 15 is 0 Å². The lowest BCUT2D eigenvalue weighted by atomic mass is 10.3. The number of pyridine rings is 1. The minimum atomic E-state index is -4.33. The molecule has 0 aliphatic carbocycles. The fourth-order valence-electron chi connectivity index (χ4n) is 1.47. The molecule has 1 N–H and O–H groups in total. The SMILES string of the molecule is O=C(Nc1ccc(SC(F)(F)F)cc1)c1cccc(Br)n1. The third-order valence-corrected chi connectivity index (χ3v) is 3.47. The Labute approximate surface area is 131 Å². The number of hydrogen-bond acceptors (Lipinski definition) is 3. The normalized spacial score (nSPS) is 11.2. The van der Waals surface area contributed by atoms with E-state index in [0.29, 0.717) is 10.3 Å². The van der Waals surface area contributed by atoms with Crippen molar-refractivity contribution in [1.29, 1.82) is 0 Å². The maximum absolute atomic E-state index is 12.2. The van der Waals surface area contributed by atoms with Crippen molar-refractivity contribution in [3.05, 3.63) is 52.8 Å². The van der Waals surface area contributed by atoms with Crippen LogP contribution < -0.4 is 5.32 Å². The highest BCUT2D eigenvalue weighted by molar-refractivity contribution is 9.10. The first-order chi connectivity index (χ1) is 9.83. The summed E-state index contributed by atoms with van der Waals surface area (Å²) in [6.45, 7) is 0. The van der Waals surface area contributed by atoms with E-state index in [1.165, 1.54) is 30.3 Å². The third-order valence-electron chi connectivity index (χ3n) is 2.29. The lowest BCUT2D eigenvalue weighted by Gasteiger charge is -2.08. The lowest BCUT2D eigenvalue weighted by Crippen LogP contribution is -2.13. The Morgan fingerprint density at radius 1 is 1.14 bits per heavy atom. The second-order valence-electron chi connectivity index (χ2n) is 3.87. The topological polar surface area (TPSA) is 42.0 Å². The number of halogens is 4. The molecule has 0 radical (unpaired) electrons. The Morgan fingerprint density at radius 2 is 1.81 bits per heavy atom. The van der Waals surface area contributed by atoms with Crippen LogP contribution in [0, 0.1) is 0 Å². The van der Waals surface area contributed by atoms with E-state index in [0.717, 1.165) is 0 Å². The van der Waals surface area contributed by atoms with Gasteiger partial charge in [0, 0.05) is 10.6 Å². The van der Waals surface area contributed by atoms with E-state index in [9.17, 15) is 18.0 Å². The number of hydrogen-bond donors (Lipinski definition) is 1. The van der Waals surface area contributed by atoms with Crippen molar-refractivity contribution in [2.45, 2.75) is 10.4 Å². The number of anilines is 1. The molecule has 1 amide bonds. The number of benzene rings is 1. The number of thioether (sulfide) groups is 1. The van der Waals surface area contributed by atoms with Crippen molar-refractivity contribution in [3.63, 3.8) is 0 Å². The number of amides is 1. The Balaban J connectivity index is 2.05. The molecular formula is C13H8BrF3N2OS. The Bertz CT molecular complexity index is 647. The van der Waals surface area contributed by atoms with Gasteiger partial charge in [0.05, 0.1) is 0 Å². The minimum Gasteiger partial charge on any atom is -0.321 e. The molecule has 110 valence electrons. The largest absolute Gasteiger partial charge is 0.446 e. The van der Waals surface area contributed by atoms with Gasteiger partial charge in [0.2, 0.25) is 0 Å². The van der Waals surface area contributed by atoms with Crippen LogP contribution in [0.4, 0.5) is 18.9 Å². The summed E-state index contributed by atoms with van der Waals surface area (Å²) in [6, 6.07) is 10.3. The van der Waals surface area contributed by atoms with Gasteiger partial charge in [-0.05, 0) is 64.1 Å². The molecule has 21 heavy (non-hydrogen) atoms. The van der Waals surface area contributed by atoms with Gasteiger partial charge in [-0.15, -0.1) is 0 Å². The number of carbonyl (C=O) groups is 1. The van der Waals surface area contributed by atoms with Crippen LogP contribution in [0.3, 0.4) is 0 Å². The van der Waals surface area contributed by atoms with Gasteiger partial charge < -0.3 is 5.32 Å². The average molecular weight is 377 g/mol. The van der Waals surface area contributed by atoms with Crippen LogP contribution in [0.15, 0.2) is 52.0 Å². The highest BCUT2D eigenvalue weighted by Gasteiger charge is 2.29. The van der Waals surface area contributed by atoms with Crippen LogP contribution in [0.2, 0.25) is 0 Å². The summed E-state index contributed by atoms with van der Waals surface area (Å²) in [5, 5.41) is 2.56. The number of rotatable bonds is 3. The Kier molecular flexibility index (Phi) is 4.89. The molecule has 0 atom stereocenters. The molecule has 0 spiro atoms. The van der Waals surface area contributed by atoms with E-state index in [1.54, 1.807) is 12.1 Å². The van der Waals surface area contributed by atoms with Crippen molar-refractivity contribution in [2.75, 3.05) is 5.32 Å². The molecule has 1 heterocycles. The average Bonchev–Trinajstić information content (AvgIpc) is 2.39. The first-order valence-electron chi connectivity index (χ1n) is 5.63. The summed E-state index contributed by atoms with van der Waals surface area (Å²) in [5.41, 5.74) is -3.73. The Morgan fingerprint density at radius 3 is 2.38 bits per heavy atom. The zero-order chi connectivity index (χ0) is 15.5. The van der Waals surface area contributed by atoms with Gasteiger partial charge in [0.15, 0.2) is 0 Å². The first-order valence-corrected chi connectivity index (χ1v) is 7.24. The molecule has 8 heteroatoms. The van der Waals surface area contributed by atoms with Crippen LogP contribution in [-0.4, -0.2) is 16.4 Å². The predicted molar refractivity (Wildman–Crippen MR) is 78.2 cm³/mol. The van der Waals surface area contributed by atoms with Crippen molar-refractivity contribution >= 4 is 39.3 Å². The smallest absolute Gasteiger partial charge is 0.321 e. The molecule has 0 saturated carbocycles. The van der Waals surface area contributed by atoms with Crippen LogP contribution in [0.5, 0.6) is 0 Å². The summed E-state index contributed by atoms with van der Waals surface area (Å²) >= 11 is 2.95. The molecule has 0 aliphatic rings. The summed E-state index contributed by atoms with van der Waals surface area (Å²) in [4.78, 5) is 15.9. The summed E-state index contributed by atoms with van der Waals surface area (Å²) in [6.07, 6.45) is 0. The second-order valence-corrected chi connectivity index (χ2v) is 5.82. The van der Waals surface area contributed by atoms with Crippen molar-refractivity contribution in [1.82, 2.24) is 4.98 Å². The molecule has 1 aromatic heterocycles. The number of nitrogens with zero attached hydrogens (tertiary/aromatic N) is 1. The van der Waals surface area contributed by atoms with Gasteiger partial charge in [-0.3, -0.25) is 4.79 Å². The summed E-state index contributed by atoms with van der Waals surface area (Å²) in [5.74, 6) is -0.437. The molecular weight excluding hydrogens is 369 g/mol. The molecule has 0 fully saturated rings. The van der Waals surface area contributed by atoms with Gasteiger partial charge in [0.1, 0.15) is 10.3 Å². The molecule has 0 bridgehead atoms. The molecule has 1 aromatic carbocycles. The summed E-state index contributed by atoms with van der Waals surface area (Å²) in [7, 11) is 0. The molecule has 0 aliphatic heterocycles. The van der Waals surface area contributed by atoms with E-state index in [-0.39, 0.29) is 22.4 Å². The van der Waals surface area contributed by atoms with Crippen LogP contribution >= 0.6 is 27.7 Å². The van der Waals surface area contributed by atoms with Crippen molar-refractivity contribution < 1.29 is 18.0 Å². The summed E-state index contributed by atoms with van der Waals surface area (Å²) < 4.78 is 37.1. The standard InChI is InChI=1S/C13H8BrF3N2OS/c14-11-3-1-2-10(19-11)12(20)18-8-4-6-9(7-5-8)21-13(15,16)17/h1-7H,(H,18,20). The molecule has 2 rings (SSSR count). The maximum Gasteiger partial charge on any atom is 0.446 e. The highest BCUT2D eigenvalue weighted by atomic mass is 79.9. The van der Waals surface area contributed by atoms with E-state index in [4.69, 9.17) is 0 Å². The van der Waals surface area contributed by atoms with Crippen LogP contribution in [0.1, 0.15) is 10.5 Å². The second kappa shape index (κ2) is 6.48. The highest BCUT2D eigenvalue weighted by Crippen LogP contribution is 2.37. The Hall–Kier alpha value is -1.54. The molecule has 2 aromatic rings. The monoisotopic (exact) mass is 376 g/mol. The quantitative estimate of drug-likeness (QED) is 0.623. The molecule has 0 saturated heterocycles. The van der Waals surface area contributed by atoms with E-state index in [2.05, 4.69) is 26.2 Å². The number of carbonyl (C=O) groups excluding carboxylic acids is 1. The lowest BCUT2D eigenvalue weighted by molar-refractivity contribution is -0.0328. The number of alkyl halides is 3. The van der Waals surface area contributed by atoms with Gasteiger partial charge in [-0.1, -0.05) is 6.07 Å². The minimum absolute atomic E-state index is 0.0566. The molecule has 3 nitrogen and oxygen atoms in total. The maximum atomic E-state index is 12.2.